The number of methoxy groups -OCH3 is 1. The molecule has 0 spiro atoms. The summed E-state index contributed by atoms with van der Waals surface area (Å²) in [5, 5.41) is 9.13. The van der Waals surface area contributed by atoms with E-state index < -0.39 is 27.2 Å². The molecule has 1 aliphatic rings. The number of nitrogens with zero attached hydrogens (tertiary/aromatic N) is 1. The van der Waals surface area contributed by atoms with Crippen LogP contribution in [-0.4, -0.2) is 50.6 Å². The van der Waals surface area contributed by atoms with Gasteiger partial charge < -0.3 is 9.84 Å². The summed E-state index contributed by atoms with van der Waals surface area (Å²) in [5.74, 6) is -1.91. The van der Waals surface area contributed by atoms with Crippen molar-refractivity contribution in [1.29, 1.82) is 0 Å². The third kappa shape index (κ3) is 2.89. The highest BCUT2D eigenvalue weighted by molar-refractivity contribution is 7.89. The average Bonchev–Trinajstić information content (AvgIpc) is 2.31. The van der Waals surface area contributed by atoms with Crippen molar-refractivity contribution in [3.8, 4) is 0 Å². The molecule has 6 nitrogen and oxygen atoms in total. The van der Waals surface area contributed by atoms with Gasteiger partial charge in [-0.1, -0.05) is 11.6 Å². The number of ether oxygens (including phenoxy) is 1. The molecule has 2 rings (SSSR count). The van der Waals surface area contributed by atoms with Gasteiger partial charge in [-0.05, 0) is 18.2 Å². The predicted octanol–water partition coefficient (Wildman–Crippen LogP) is 1.20. The Labute approximate surface area is 126 Å². The Morgan fingerprint density at radius 3 is 2.57 bits per heavy atom. The molecule has 9 heteroatoms. The maximum absolute atomic E-state index is 13.3. The van der Waals surface area contributed by atoms with Gasteiger partial charge >= 0.3 is 5.97 Å². The molecular weight excluding hydrogens is 325 g/mol. The van der Waals surface area contributed by atoms with Gasteiger partial charge in [0.05, 0.1) is 11.5 Å². The molecular formula is C12H13ClFNO5S. The highest BCUT2D eigenvalue weighted by atomic mass is 35.5. The van der Waals surface area contributed by atoms with Gasteiger partial charge in [-0.2, -0.15) is 4.31 Å². The van der Waals surface area contributed by atoms with Gasteiger partial charge in [0.2, 0.25) is 10.0 Å². The molecule has 0 unspecified atom stereocenters. The first kappa shape index (κ1) is 16.2. The van der Waals surface area contributed by atoms with Crippen LogP contribution in [0.15, 0.2) is 23.1 Å². The molecule has 0 atom stereocenters. The predicted molar refractivity (Wildman–Crippen MR) is 72.1 cm³/mol. The molecule has 1 aliphatic heterocycles. The van der Waals surface area contributed by atoms with E-state index in [0.29, 0.717) is 0 Å². The number of benzene rings is 1. The van der Waals surface area contributed by atoms with E-state index in [2.05, 4.69) is 0 Å². The summed E-state index contributed by atoms with van der Waals surface area (Å²) < 4.78 is 43.7. The molecule has 1 fully saturated rings. The normalized spacial score (nSPS) is 18.2. The van der Waals surface area contributed by atoms with Gasteiger partial charge in [0.1, 0.15) is 11.2 Å². The fourth-order valence-electron chi connectivity index (χ4n) is 2.19. The number of halogens is 2. The fourth-order valence-corrected chi connectivity index (χ4v) is 4.15. The number of carboxylic acids is 1. The Morgan fingerprint density at radius 2 is 2.10 bits per heavy atom. The van der Waals surface area contributed by atoms with Crippen molar-refractivity contribution in [1.82, 2.24) is 4.31 Å². The van der Waals surface area contributed by atoms with Crippen LogP contribution in [0.25, 0.3) is 0 Å². The first-order valence-electron chi connectivity index (χ1n) is 5.90. The van der Waals surface area contributed by atoms with Crippen LogP contribution in [0.1, 0.15) is 0 Å². The number of sulfonamides is 1. The monoisotopic (exact) mass is 337 g/mol. The fraction of sp³-hybridized carbons (Fsp3) is 0.417. The molecule has 0 saturated carbocycles. The van der Waals surface area contributed by atoms with Crippen molar-refractivity contribution in [2.45, 2.75) is 4.90 Å². The van der Waals surface area contributed by atoms with Crippen LogP contribution >= 0.6 is 11.6 Å². The highest BCUT2D eigenvalue weighted by Gasteiger charge is 2.54. The third-order valence-corrected chi connectivity index (χ3v) is 5.29. The Hall–Kier alpha value is -1.22. The lowest BCUT2D eigenvalue weighted by molar-refractivity contribution is -0.161. The highest BCUT2D eigenvalue weighted by Crippen LogP contribution is 2.36. The van der Waals surface area contributed by atoms with Crippen LogP contribution < -0.4 is 0 Å². The second-order valence-electron chi connectivity index (χ2n) is 4.90. The van der Waals surface area contributed by atoms with Crippen molar-refractivity contribution in [3.05, 3.63) is 29.0 Å². The smallest absolute Gasteiger partial charge is 0.314 e. The standard InChI is InChI=1S/C12H13ClFNO5S/c1-20-7-12(11(16)17)5-15(6-12)21(18,19)10-3-8(13)2-9(14)4-10/h2-4H,5-7H2,1H3,(H,16,17). The van der Waals surface area contributed by atoms with Crippen molar-refractivity contribution in [2.75, 3.05) is 26.8 Å². The number of hydrogen-bond acceptors (Lipinski definition) is 4. The molecule has 1 aromatic carbocycles. The molecule has 0 aliphatic carbocycles. The van der Waals surface area contributed by atoms with Gasteiger partial charge in [-0.25, -0.2) is 12.8 Å². The Balaban J connectivity index is 2.26. The largest absolute Gasteiger partial charge is 0.481 e. The summed E-state index contributed by atoms with van der Waals surface area (Å²) in [7, 11) is -2.64. The van der Waals surface area contributed by atoms with Gasteiger partial charge in [0, 0.05) is 25.2 Å². The van der Waals surface area contributed by atoms with Crippen LogP contribution in [0.3, 0.4) is 0 Å². The van der Waals surface area contributed by atoms with E-state index in [-0.39, 0.29) is 29.6 Å². The minimum atomic E-state index is -3.98. The zero-order valence-electron chi connectivity index (χ0n) is 11.0. The molecule has 116 valence electrons. The van der Waals surface area contributed by atoms with E-state index >= 15 is 0 Å². The van der Waals surface area contributed by atoms with Gasteiger partial charge in [-0.3, -0.25) is 4.79 Å². The van der Waals surface area contributed by atoms with Crippen molar-refractivity contribution in [2.24, 2.45) is 5.41 Å². The lowest BCUT2D eigenvalue weighted by Gasteiger charge is -2.45. The molecule has 1 saturated heterocycles. The van der Waals surface area contributed by atoms with Gasteiger partial charge in [0.25, 0.3) is 0 Å². The molecule has 0 aromatic heterocycles. The van der Waals surface area contributed by atoms with E-state index in [1.165, 1.54) is 7.11 Å². The maximum Gasteiger partial charge on any atom is 0.314 e. The second-order valence-corrected chi connectivity index (χ2v) is 7.27. The molecule has 0 amide bonds. The summed E-state index contributed by atoms with van der Waals surface area (Å²) in [5.41, 5.74) is -1.26. The van der Waals surface area contributed by atoms with E-state index in [1.807, 2.05) is 0 Å². The van der Waals surface area contributed by atoms with Crippen LogP contribution in [-0.2, 0) is 19.6 Å². The topological polar surface area (TPSA) is 83.9 Å². The lowest BCUT2D eigenvalue weighted by Crippen LogP contribution is -2.63. The Morgan fingerprint density at radius 1 is 1.48 bits per heavy atom. The van der Waals surface area contributed by atoms with Crippen LogP contribution in [0.5, 0.6) is 0 Å². The molecule has 1 heterocycles. The molecule has 21 heavy (non-hydrogen) atoms. The van der Waals surface area contributed by atoms with Crippen LogP contribution in [0.2, 0.25) is 5.02 Å². The summed E-state index contributed by atoms with van der Waals surface area (Å²) >= 11 is 5.64. The SMILES string of the molecule is COCC1(C(=O)O)CN(S(=O)(=O)c2cc(F)cc(Cl)c2)C1. The number of aliphatic carboxylic acids is 1. The van der Waals surface area contributed by atoms with Crippen molar-refractivity contribution >= 4 is 27.6 Å². The average molecular weight is 338 g/mol. The van der Waals surface area contributed by atoms with Gasteiger partial charge in [-0.15, -0.1) is 0 Å². The molecule has 1 N–H and O–H groups in total. The third-order valence-electron chi connectivity index (χ3n) is 3.31. The maximum atomic E-state index is 13.3. The summed E-state index contributed by atoms with van der Waals surface area (Å²) in [6.07, 6.45) is 0. The summed E-state index contributed by atoms with van der Waals surface area (Å²) in [6, 6.07) is 2.96. The van der Waals surface area contributed by atoms with E-state index in [9.17, 15) is 22.7 Å². The van der Waals surface area contributed by atoms with Crippen molar-refractivity contribution < 1.29 is 27.4 Å². The number of carboxylic acid groups (broad SMARTS) is 1. The first-order valence-corrected chi connectivity index (χ1v) is 7.72. The Kier molecular flexibility index (Phi) is 4.25. The minimum Gasteiger partial charge on any atom is -0.481 e. The van der Waals surface area contributed by atoms with Gasteiger partial charge in [0.15, 0.2) is 0 Å². The van der Waals surface area contributed by atoms with E-state index in [1.54, 1.807) is 0 Å². The zero-order valence-corrected chi connectivity index (χ0v) is 12.6. The van der Waals surface area contributed by atoms with E-state index in [4.69, 9.17) is 16.3 Å². The number of carbonyl (C=O) groups is 1. The van der Waals surface area contributed by atoms with Crippen LogP contribution in [0, 0.1) is 11.2 Å². The summed E-state index contributed by atoms with van der Waals surface area (Å²) in [6.45, 7) is -0.558. The summed E-state index contributed by atoms with van der Waals surface area (Å²) in [4.78, 5) is 10.9. The number of rotatable bonds is 5. The molecule has 0 bridgehead atoms. The molecule has 0 radical (unpaired) electrons. The van der Waals surface area contributed by atoms with Crippen molar-refractivity contribution in [3.63, 3.8) is 0 Å². The van der Waals surface area contributed by atoms with Crippen LogP contribution in [0.4, 0.5) is 4.39 Å². The molecule has 1 aromatic rings. The Bertz CT molecular complexity index is 652. The first-order chi connectivity index (χ1) is 9.71. The quantitative estimate of drug-likeness (QED) is 0.872. The zero-order chi connectivity index (χ0) is 15.8. The number of hydrogen-bond donors (Lipinski definition) is 1. The lowest BCUT2D eigenvalue weighted by atomic mass is 9.83. The minimum absolute atomic E-state index is 0.0458. The van der Waals surface area contributed by atoms with E-state index in [0.717, 1.165) is 22.5 Å². The second kappa shape index (κ2) is 5.53.